The van der Waals surface area contributed by atoms with E-state index in [4.69, 9.17) is 31.9 Å². The summed E-state index contributed by atoms with van der Waals surface area (Å²) in [5, 5.41) is 51.3. The van der Waals surface area contributed by atoms with Crippen LogP contribution in [0.15, 0.2) is 65.8 Å². The predicted octanol–water partition coefficient (Wildman–Crippen LogP) is 5.36. The first kappa shape index (κ1) is 42.9. The molecule has 3 aliphatic rings. The molecule has 1 aliphatic carbocycles. The van der Waals surface area contributed by atoms with Gasteiger partial charge in [0.25, 0.3) is 0 Å². The van der Waals surface area contributed by atoms with E-state index >= 15 is 0 Å². The second-order valence-electron chi connectivity index (χ2n) is 15.9. The summed E-state index contributed by atoms with van der Waals surface area (Å²) in [6.07, 6.45) is -13.5. The van der Waals surface area contributed by atoms with E-state index in [0.29, 0.717) is 0 Å². The molecule has 3 fully saturated rings. The fraction of sp³-hybridized carbons (Fsp3) is 0.684. The van der Waals surface area contributed by atoms with Crippen LogP contribution in [0.4, 0.5) is 0 Å². The standard InChI is InChI=1S/C38H59N3O11Si2/c1-22(2)53(23(3)4)50-36-32(44)31(43)35(33(45)37(36)51-54(52-53,24(5)6)25(7)8)49-38-29(40-41-39)34(47-20-27-17-13-10-14-18-27)30(42)28(48-38)21-46-19-26-15-11-9-12-16-26/h9-18,22-25,28-38,42-45H,19-21H2,1-8H3/t28-,29-,30-,31-,32+,33-,34-,35+,36+,37+,38-/m1/s1. The molecule has 2 aromatic rings. The quantitative estimate of drug-likeness (QED) is 0.0833. The number of fused-ring (bicyclic) bond motifs is 1. The van der Waals surface area contributed by atoms with Gasteiger partial charge in [0.2, 0.25) is 0 Å². The highest BCUT2D eigenvalue weighted by Gasteiger charge is 2.66. The summed E-state index contributed by atoms with van der Waals surface area (Å²) >= 11 is 0. The van der Waals surface area contributed by atoms with Crippen molar-refractivity contribution in [1.29, 1.82) is 0 Å². The largest absolute Gasteiger partial charge is 0.414 e. The lowest BCUT2D eigenvalue weighted by molar-refractivity contribution is -0.319. The number of aliphatic hydroxyl groups is 4. The number of aliphatic hydroxyl groups excluding tert-OH is 4. The van der Waals surface area contributed by atoms with Gasteiger partial charge in [0.05, 0.1) is 25.9 Å². The zero-order chi connectivity index (χ0) is 39.4. The highest BCUT2D eigenvalue weighted by Crippen LogP contribution is 2.50. The average molecular weight is 790 g/mol. The molecule has 2 heterocycles. The van der Waals surface area contributed by atoms with E-state index in [9.17, 15) is 26.0 Å². The average Bonchev–Trinajstić information content (AvgIpc) is 3.32. The summed E-state index contributed by atoms with van der Waals surface area (Å²) in [7, 11) is -6.38. The van der Waals surface area contributed by atoms with Crippen molar-refractivity contribution >= 4 is 17.1 Å². The minimum absolute atomic E-state index is 0.0415. The van der Waals surface area contributed by atoms with Gasteiger partial charge in [0.1, 0.15) is 54.9 Å². The van der Waals surface area contributed by atoms with Crippen molar-refractivity contribution in [1.82, 2.24) is 0 Å². The van der Waals surface area contributed by atoms with Crippen LogP contribution in [0.5, 0.6) is 0 Å². The van der Waals surface area contributed by atoms with Crippen molar-refractivity contribution < 1.29 is 52.3 Å². The SMILES string of the molecule is CC(C)[Si]1(C(C)C)O[C@H]2[C@H](O)[C@@H](O[C@H]3O[C@H](COCc4ccccc4)[C@@H](O)[C@H](OCc4ccccc4)[C@H]3N=[N+]=[N-])[C@H](O)[C@H](O)[C@@H]2O[Si](C(C)C)(C(C)C)O1. The number of rotatable bonds is 14. The molecule has 1 saturated carbocycles. The first-order chi connectivity index (χ1) is 25.7. The van der Waals surface area contributed by atoms with Crippen LogP contribution in [-0.2, 0) is 45.1 Å². The Balaban J connectivity index is 1.48. The zero-order valence-corrected chi connectivity index (χ0v) is 34.5. The van der Waals surface area contributed by atoms with Gasteiger partial charge in [-0.15, -0.1) is 0 Å². The van der Waals surface area contributed by atoms with Crippen LogP contribution in [0, 0.1) is 0 Å². The first-order valence-corrected chi connectivity index (χ1v) is 23.0. The maximum Gasteiger partial charge on any atom is 0.335 e. The highest BCUT2D eigenvalue weighted by atomic mass is 28.5. The van der Waals surface area contributed by atoms with E-state index in [2.05, 4.69) is 10.0 Å². The summed E-state index contributed by atoms with van der Waals surface area (Å²) in [5.74, 6) is 0. The molecule has 4 N–H and O–H groups in total. The molecule has 0 spiro atoms. The van der Waals surface area contributed by atoms with E-state index in [1.165, 1.54) is 0 Å². The minimum atomic E-state index is -3.21. The Morgan fingerprint density at radius 1 is 0.685 bits per heavy atom. The van der Waals surface area contributed by atoms with Gasteiger partial charge in [-0.2, -0.15) is 0 Å². The van der Waals surface area contributed by atoms with Crippen LogP contribution < -0.4 is 0 Å². The molecule has 16 heteroatoms. The molecule has 5 rings (SSSR count). The van der Waals surface area contributed by atoms with Gasteiger partial charge in [0, 0.05) is 4.91 Å². The molecule has 0 unspecified atom stereocenters. The number of nitrogens with zero attached hydrogens (tertiary/aromatic N) is 3. The minimum Gasteiger partial charge on any atom is -0.414 e. The molecule has 300 valence electrons. The Labute approximate surface area is 320 Å². The lowest BCUT2D eigenvalue weighted by Crippen LogP contribution is -2.69. The van der Waals surface area contributed by atoms with Crippen LogP contribution in [0.2, 0.25) is 22.2 Å². The lowest BCUT2D eigenvalue weighted by atomic mass is 9.84. The number of hydrogen-bond acceptors (Lipinski definition) is 12. The summed E-state index contributed by atoms with van der Waals surface area (Å²) in [4.78, 5) is 3.02. The Bertz CT molecular complexity index is 1500. The third-order valence-electron chi connectivity index (χ3n) is 11.0. The number of azide groups is 1. The van der Waals surface area contributed by atoms with Gasteiger partial charge in [-0.1, -0.05) is 121 Å². The molecule has 14 nitrogen and oxygen atoms in total. The third-order valence-corrected chi connectivity index (χ3v) is 21.3. The summed E-state index contributed by atoms with van der Waals surface area (Å²) in [6.45, 7) is 16.6. The van der Waals surface area contributed by atoms with Crippen LogP contribution in [-0.4, -0.2) is 111 Å². The van der Waals surface area contributed by atoms with Crippen LogP contribution >= 0.6 is 0 Å². The molecule has 2 aromatic carbocycles. The normalized spacial score (nSPS) is 33.7. The molecule has 0 amide bonds. The molecule has 0 aromatic heterocycles. The van der Waals surface area contributed by atoms with Crippen molar-refractivity contribution in [3.05, 3.63) is 82.2 Å². The van der Waals surface area contributed by atoms with E-state index in [-0.39, 0.29) is 42.0 Å². The second kappa shape index (κ2) is 18.3. The van der Waals surface area contributed by atoms with Gasteiger partial charge < -0.3 is 52.3 Å². The Morgan fingerprint density at radius 3 is 1.69 bits per heavy atom. The summed E-state index contributed by atoms with van der Waals surface area (Å²) in [5.41, 5.74) is 11.2. The lowest BCUT2D eigenvalue weighted by Gasteiger charge is -2.49. The number of hydrogen-bond donors (Lipinski definition) is 4. The summed E-state index contributed by atoms with van der Waals surface area (Å²) < 4.78 is 45.9. The molecule has 0 bridgehead atoms. The molecule has 0 radical (unpaired) electrons. The maximum absolute atomic E-state index is 12.2. The van der Waals surface area contributed by atoms with Gasteiger partial charge in [0.15, 0.2) is 6.29 Å². The number of ether oxygens (including phenoxy) is 4. The van der Waals surface area contributed by atoms with Crippen molar-refractivity contribution in [2.75, 3.05) is 6.61 Å². The molecule has 54 heavy (non-hydrogen) atoms. The predicted molar refractivity (Wildman–Crippen MR) is 204 cm³/mol. The number of benzene rings is 2. The van der Waals surface area contributed by atoms with Gasteiger partial charge in [-0.05, 0) is 38.8 Å². The smallest absolute Gasteiger partial charge is 0.335 e. The fourth-order valence-corrected chi connectivity index (χ4v) is 19.3. The highest BCUT2D eigenvalue weighted by molar-refractivity contribution is 6.84. The van der Waals surface area contributed by atoms with E-state index < -0.39 is 84.4 Å². The van der Waals surface area contributed by atoms with Crippen LogP contribution in [0.1, 0.15) is 66.5 Å². The summed E-state index contributed by atoms with van der Waals surface area (Å²) in [6, 6.07) is 17.5. The zero-order valence-electron chi connectivity index (χ0n) is 32.5. The van der Waals surface area contributed by atoms with Gasteiger partial charge in [-0.25, -0.2) is 0 Å². The van der Waals surface area contributed by atoms with E-state index in [1.54, 1.807) is 0 Å². The van der Waals surface area contributed by atoms with E-state index in [0.717, 1.165) is 11.1 Å². The first-order valence-electron chi connectivity index (χ1n) is 19.1. The molecular formula is C38H59N3O11Si2. The Morgan fingerprint density at radius 2 is 1.19 bits per heavy atom. The molecule has 11 atom stereocenters. The Hall–Kier alpha value is -2.26. The van der Waals surface area contributed by atoms with Crippen molar-refractivity contribution in [3.8, 4) is 0 Å². The molecule has 2 aliphatic heterocycles. The monoisotopic (exact) mass is 789 g/mol. The second-order valence-corrected chi connectivity index (χ2v) is 24.7. The molecule has 2 saturated heterocycles. The van der Waals surface area contributed by atoms with Gasteiger partial charge >= 0.3 is 17.1 Å². The maximum atomic E-state index is 12.2. The van der Waals surface area contributed by atoms with Crippen molar-refractivity contribution in [2.24, 2.45) is 5.11 Å². The Kier molecular flexibility index (Phi) is 14.6. The fourth-order valence-electron chi connectivity index (χ4n) is 7.99. The third kappa shape index (κ3) is 8.82. The molecular weight excluding hydrogens is 731 g/mol. The van der Waals surface area contributed by atoms with Crippen molar-refractivity contribution in [2.45, 2.75) is 158 Å². The van der Waals surface area contributed by atoms with Crippen LogP contribution in [0.3, 0.4) is 0 Å². The van der Waals surface area contributed by atoms with Gasteiger partial charge in [-0.3, -0.25) is 0 Å². The topological polar surface area (TPSA) is 194 Å². The van der Waals surface area contributed by atoms with Crippen molar-refractivity contribution in [3.63, 3.8) is 0 Å². The van der Waals surface area contributed by atoms with Crippen LogP contribution in [0.25, 0.3) is 10.4 Å². The van der Waals surface area contributed by atoms with E-state index in [1.807, 2.05) is 116 Å².